The molecular formula is C27H32N2O5. The van der Waals surface area contributed by atoms with Crippen molar-refractivity contribution in [3.63, 3.8) is 0 Å². The van der Waals surface area contributed by atoms with Gasteiger partial charge in [0.25, 0.3) is 11.7 Å². The van der Waals surface area contributed by atoms with Crippen LogP contribution in [0.25, 0.3) is 5.76 Å². The molecule has 0 radical (unpaired) electrons. The molecule has 2 fully saturated rings. The first-order valence-corrected chi connectivity index (χ1v) is 11.8. The fourth-order valence-corrected chi connectivity index (χ4v) is 4.58. The molecule has 180 valence electrons. The summed E-state index contributed by atoms with van der Waals surface area (Å²) in [6.07, 6.45) is 0. The van der Waals surface area contributed by atoms with Crippen molar-refractivity contribution in [2.75, 3.05) is 39.4 Å². The first-order valence-electron chi connectivity index (χ1n) is 11.8. The van der Waals surface area contributed by atoms with E-state index in [9.17, 15) is 19.8 Å². The van der Waals surface area contributed by atoms with Crippen LogP contribution >= 0.6 is 0 Å². The summed E-state index contributed by atoms with van der Waals surface area (Å²) >= 11 is 0. The number of ether oxygens (including phenoxy) is 1. The molecule has 2 N–H and O–H groups in total. The number of Topliss-reactive ketones (excluding diaryl/α,β-unsaturated/α-hetero) is 1. The van der Waals surface area contributed by atoms with Crippen molar-refractivity contribution in [1.82, 2.24) is 9.80 Å². The number of amides is 1. The second-order valence-electron chi connectivity index (χ2n) is 9.29. The minimum atomic E-state index is -0.738. The van der Waals surface area contributed by atoms with Crippen LogP contribution in [0.3, 0.4) is 0 Å². The van der Waals surface area contributed by atoms with Gasteiger partial charge in [0.15, 0.2) is 0 Å². The van der Waals surface area contributed by atoms with Crippen LogP contribution in [0.2, 0.25) is 0 Å². The standard InChI is InChI=1S/C27H32N2O5/c1-17(2)19-5-7-20(8-6-19)24-23(25(31)21-16-18(3)4-9-22(21)30)26(32)27(33)29(24)11-10-28-12-14-34-15-13-28/h4-9,16-17,24,30-31H,10-15H2,1-3H3/t24-/m1/s1. The lowest BCUT2D eigenvalue weighted by Crippen LogP contribution is -2.42. The number of aliphatic hydroxyl groups excluding tert-OH is 1. The number of benzene rings is 2. The summed E-state index contributed by atoms with van der Waals surface area (Å²) in [6.45, 7) is 9.82. The Labute approximate surface area is 200 Å². The molecule has 2 aliphatic heterocycles. The molecule has 0 spiro atoms. The number of hydrogen-bond acceptors (Lipinski definition) is 6. The van der Waals surface area contributed by atoms with E-state index in [1.54, 1.807) is 17.0 Å². The average molecular weight is 465 g/mol. The van der Waals surface area contributed by atoms with Crippen LogP contribution < -0.4 is 0 Å². The number of morpholine rings is 1. The number of nitrogens with zero attached hydrogens (tertiary/aromatic N) is 2. The molecule has 2 aromatic rings. The van der Waals surface area contributed by atoms with E-state index in [1.807, 2.05) is 31.2 Å². The van der Waals surface area contributed by atoms with Gasteiger partial charge in [0.1, 0.15) is 11.5 Å². The summed E-state index contributed by atoms with van der Waals surface area (Å²) in [6, 6.07) is 11.9. The van der Waals surface area contributed by atoms with E-state index in [2.05, 4.69) is 18.7 Å². The Bertz CT molecular complexity index is 1100. The molecule has 4 rings (SSSR count). The first kappa shape index (κ1) is 24.0. The normalized spacial score (nSPS) is 20.9. The maximum Gasteiger partial charge on any atom is 0.295 e. The predicted octanol–water partition coefficient (Wildman–Crippen LogP) is 3.58. The van der Waals surface area contributed by atoms with Gasteiger partial charge in [0.2, 0.25) is 0 Å². The van der Waals surface area contributed by atoms with Crippen LogP contribution in [0.5, 0.6) is 5.75 Å². The van der Waals surface area contributed by atoms with E-state index in [4.69, 9.17) is 4.74 Å². The smallest absolute Gasteiger partial charge is 0.295 e. The van der Waals surface area contributed by atoms with Gasteiger partial charge in [-0.05, 0) is 36.1 Å². The minimum absolute atomic E-state index is 0.00479. The largest absolute Gasteiger partial charge is 0.507 e. The summed E-state index contributed by atoms with van der Waals surface area (Å²) in [5.41, 5.74) is 2.86. The van der Waals surface area contributed by atoms with Gasteiger partial charge >= 0.3 is 0 Å². The Morgan fingerprint density at radius 2 is 1.74 bits per heavy atom. The summed E-state index contributed by atoms with van der Waals surface area (Å²) in [4.78, 5) is 30.1. The fraction of sp³-hybridized carbons (Fsp3) is 0.407. The van der Waals surface area contributed by atoms with Gasteiger partial charge < -0.3 is 19.8 Å². The van der Waals surface area contributed by atoms with E-state index in [1.165, 1.54) is 6.07 Å². The number of ketones is 1. The second kappa shape index (κ2) is 9.99. The Hall–Kier alpha value is -3.16. The number of aryl methyl sites for hydroxylation is 1. The SMILES string of the molecule is Cc1ccc(O)c(C(O)=C2C(=O)C(=O)N(CCN3CCOCC3)[C@@H]2c2ccc(C(C)C)cc2)c1. The molecule has 7 heteroatoms. The maximum atomic E-state index is 13.2. The lowest BCUT2D eigenvalue weighted by molar-refractivity contribution is -0.140. The van der Waals surface area contributed by atoms with E-state index in [-0.39, 0.29) is 22.6 Å². The molecule has 0 saturated carbocycles. The number of phenols is 1. The molecule has 0 bridgehead atoms. The van der Waals surface area contributed by atoms with E-state index in [0.29, 0.717) is 32.2 Å². The van der Waals surface area contributed by atoms with Crippen molar-refractivity contribution in [1.29, 1.82) is 0 Å². The number of carbonyl (C=O) groups excluding carboxylic acids is 2. The van der Waals surface area contributed by atoms with Crippen LogP contribution in [-0.2, 0) is 14.3 Å². The van der Waals surface area contributed by atoms with Crippen molar-refractivity contribution in [3.05, 3.63) is 70.3 Å². The van der Waals surface area contributed by atoms with Crippen LogP contribution in [0.15, 0.2) is 48.0 Å². The molecule has 34 heavy (non-hydrogen) atoms. The highest BCUT2D eigenvalue weighted by Crippen LogP contribution is 2.41. The van der Waals surface area contributed by atoms with Gasteiger partial charge in [-0.15, -0.1) is 0 Å². The monoisotopic (exact) mass is 464 g/mol. The van der Waals surface area contributed by atoms with E-state index < -0.39 is 17.7 Å². The molecule has 1 amide bonds. The maximum absolute atomic E-state index is 13.2. The molecule has 1 atom stereocenters. The molecule has 0 unspecified atom stereocenters. The van der Waals surface area contributed by atoms with Gasteiger partial charge in [-0.1, -0.05) is 49.7 Å². The zero-order valence-electron chi connectivity index (χ0n) is 20.0. The zero-order valence-corrected chi connectivity index (χ0v) is 20.0. The highest BCUT2D eigenvalue weighted by atomic mass is 16.5. The van der Waals surface area contributed by atoms with Crippen LogP contribution in [0.1, 0.15) is 48.1 Å². The van der Waals surface area contributed by atoms with Gasteiger partial charge in [-0.3, -0.25) is 14.5 Å². The molecule has 0 aromatic heterocycles. The quantitative estimate of drug-likeness (QED) is 0.386. The van der Waals surface area contributed by atoms with E-state index in [0.717, 1.165) is 29.8 Å². The molecule has 2 heterocycles. The fourth-order valence-electron chi connectivity index (χ4n) is 4.58. The van der Waals surface area contributed by atoms with Crippen LogP contribution in [0.4, 0.5) is 0 Å². The van der Waals surface area contributed by atoms with Crippen LogP contribution in [0, 0.1) is 6.92 Å². The zero-order chi connectivity index (χ0) is 24.4. The molecule has 7 nitrogen and oxygen atoms in total. The summed E-state index contributed by atoms with van der Waals surface area (Å²) in [5.74, 6) is -1.54. The molecule has 0 aliphatic carbocycles. The van der Waals surface area contributed by atoms with Crippen molar-refractivity contribution < 1.29 is 24.5 Å². The van der Waals surface area contributed by atoms with Gasteiger partial charge in [-0.2, -0.15) is 0 Å². The number of aliphatic hydroxyl groups is 1. The van der Waals surface area contributed by atoms with Crippen molar-refractivity contribution in [3.8, 4) is 5.75 Å². The average Bonchev–Trinajstić information content (AvgIpc) is 3.09. The number of carbonyl (C=O) groups is 2. The second-order valence-corrected chi connectivity index (χ2v) is 9.29. The number of aromatic hydroxyl groups is 1. The predicted molar refractivity (Wildman–Crippen MR) is 130 cm³/mol. The van der Waals surface area contributed by atoms with E-state index >= 15 is 0 Å². The third kappa shape index (κ3) is 4.72. The van der Waals surface area contributed by atoms with Crippen LogP contribution in [-0.4, -0.2) is 71.1 Å². The molecule has 2 saturated heterocycles. The Balaban J connectivity index is 1.77. The molecule has 2 aliphatic rings. The van der Waals surface area contributed by atoms with Gasteiger partial charge in [0.05, 0.1) is 30.4 Å². The third-order valence-electron chi connectivity index (χ3n) is 6.63. The topological polar surface area (TPSA) is 90.3 Å². The number of hydrogen-bond donors (Lipinski definition) is 2. The lowest BCUT2D eigenvalue weighted by Gasteiger charge is -2.31. The van der Waals surface area contributed by atoms with Gasteiger partial charge in [0, 0.05) is 26.2 Å². The highest BCUT2D eigenvalue weighted by Gasteiger charge is 2.46. The third-order valence-corrected chi connectivity index (χ3v) is 6.63. The van der Waals surface area contributed by atoms with Crippen molar-refractivity contribution >= 4 is 17.4 Å². The van der Waals surface area contributed by atoms with Crippen molar-refractivity contribution in [2.45, 2.75) is 32.7 Å². The summed E-state index contributed by atoms with van der Waals surface area (Å²) < 4.78 is 5.41. The highest BCUT2D eigenvalue weighted by molar-refractivity contribution is 6.46. The summed E-state index contributed by atoms with van der Waals surface area (Å²) in [5, 5.41) is 21.6. The number of likely N-dealkylation sites (tertiary alicyclic amines) is 1. The summed E-state index contributed by atoms with van der Waals surface area (Å²) in [7, 11) is 0. The Morgan fingerprint density at radius 3 is 2.38 bits per heavy atom. The minimum Gasteiger partial charge on any atom is -0.507 e. The Kier molecular flexibility index (Phi) is 7.05. The Morgan fingerprint density at radius 1 is 1.06 bits per heavy atom. The molecule has 2 aromatic carbocycles. The number of phenolic OH excluding ortho intramolecular Hbond substituents is 1. The van der Waals surface area contributed by atoms with Gasteiger partial charge in [-0.25, -0.2) is 0 Å². The molecular weight excluding hydrogens is 432 g/mol. The first-order chi connectivity index (χ1) is 16.3. The van der Waals surface area contributed by atoms with Crippen molar-refractivity contribution in [2.24, 2.45) is 0 Å². The number of rotatable bonds is 6. The lowest BCUT2D eigenvalue weighted by atomic mass is 9.92.